The molecule has 0 unspecified atom stereocenters. The van der Waals surface area contributed by atoms with Gasteiger partial charge in [-0.3, -0.25) is 0 Å². The van der Waals surface area contributed by atoms with E-state index in [1.54, 1.807) is 31.2 Å². The van der Waals surface area contributed by atoms with Crippen LogP contribution in [-0.4, -0.2) is 23.9 Å². The van der Waals surface area contributed by atoms with Gasteiger partial charge in [0.25, 0.3) is 5.95 Å². The summed E-state index contributed by atoms with van der Waals surface area (Å²) < 4.78 is 10.2. The molecule has 0 aliphatic heterocycles. The Kier molecular flexibility index (Phi) is 5.24. The van der Waals surface area contributed by atoms with Crippen LogP contribution in [0.2, 0.25) is 0 Å². The highest BCUT2D eigenvalue weighted by Gasteiger charge is 2.28. The van der Waals surface area contributed by atoms with Gasteiger partial charge in [-0.25, -0.2) is 14.6 Å². The number of carbonyl (C=O) groups excluding carboxylic acids is 1. The zero-order valence-electron chi connectivity index (χ0n) is 16.2. The highest BCUT2D eigenvalue weighted by atomic mass is 32.1. The van der Waals surface area contributed by atoms with Crippen molar-refractivity contribution in [2.75, 3.05) is 6.61 Å². The van der Waals surface area contributed by atoms with E-state index in [9.17, 15) is 14.7 Å². The predicted octanol–water partition coefficient (Wildman–Crippen LogP) is 4.61. The molecule has 1 aliphatic rings. The number of hydrogen-bond acceptors (Lipinski definition) is 7. The molecule has 0 spiro atoms. The van der Waals surface area contributed by atoms with Crippen molar-refractivity contribution < 1.29 is 19.1 Å². The molecule has 0 fully saturated rings. The highest BCUT2D eigenvalue weighted by molar-refractivity contribution is 7.16. The van der Waals surface area contributed by atoms with E-state index < -0.39 is 11.6 Å². The van der Waals surface area contributed by atoms with Crippen LogP contribution in [-0.2, 0) is 17.6 Å². The maximum absolute atomic E-state index is 12.6. The van der Waals surface area contributed by atoms with Crippen molar-refractivity contribution in [3.8, 4) is 5.95 Å². The molecule has 1 aromatic carbocycles. The molecule has 2 aromatic heterocycles. The number of hydrogen-bond donors (Lipinski definition) is 1. The topological polar surface area (TPSA) is 89.1 Å². The fraction of sp³-hybridized carbons (Fsp3) is 0.318. The summed E-state index contributed by atoms with van der Waals surface area (Å²) in [5.74, 6) is -0.310. The van der Waals surface area contributed by atoms with Crippen molar-refractivity contribution >= 4 is 39.3 Å². The SMILES string of the molecule is CCOC(=O)c1c(N=Cc2c(O)oc(=O)c3ccccc23)sc2c1CC[C@@H](C)C2. The minimum absolute atomic E-state index is 0.290. The summed E-state index contributed by atoms with van der Waals surface area (Å²) in [6.07, 6.45) is 4.21. The second-order valence-electron chi connectivity index (χ2n) is 7.16. The lowest BCUT2D eigenvalue weighted by molar-refractivity contribution is 0.0526. The monoisotopic (exact) mass is 411 g/mol. The number of esters is 1. The third-order valence-corrected chi connectivity index (χ3v) is 6.30. The van der Waals surface area contributed by atoms with Gasteiger partial charge in [0.2, 0.25) is 0 Å². The van der Waals surface area contributed by atoms with Crippen LogP contribution in [0.4, 0.5) is 5.00 Å². The van der Waals surface area contributed by atoms with Crippen LogP contribution in [0, 0.1) is 5.92 Å². The molecule has 0 radical (unpaired) electrons. The van der Waals surface area contributed by atoms with Crippen LogP contribution in [0.3, 0.4) is 0 Å². The number of fused-ring (bicyclic) bond motifs is 2. The molecule has 0 amide bonds. The minimum Gasteiger partial charge on any atom is -0.480 e. The number of ether oxygens (including phenoxy) is 1. The minimum atomic E-state index is -0.608. The molecule has 0 saturated carbocycles. The maximum Gasteiger partial charge on any atom is 0.346 e. The number of aromatic hydroxyl groups is 1. The van der Waals surface area contributed by atoms with E-state index in [0.717, 1.165) is 29.7 Å². The average Bonchev–Trinajstić information content (AvgIpc) is 3.05. The smallest absolute Gasteiger partial charge is 0.346 e. The third kappa shape index (κ3) is 3.58. The fourth-order valence-corrected chi connectivity index (χ4v) is 5.04. The van der Waals surface area contributed by atoms with Crippen LogP contribution in [0.5, 0.6) is 5.95 Å². The third-order valence-electron chi connectivity index (χ3n) is 5.14. The summed E-state index contributed by atoms with van der Waals surface area (Å²) in [4.78, 5) is 30.3. The standard InChI is InChI=1S/C22H21NO5S/c1-3-27-22(26)18-15-9-8-12(2)10-17(15)29-19(18)23-11-16-13-6-4-5-7-14(13)20(24)28-21(16)25/h4-7,11-12,25H,3,8-10H2,1-2H3/t12-/m1/s1. The molecule has 150 valence electrons. The number of aliphatic imine (C=N–C) groups is 1. The van der Waals surface area contributed by atoms with Gasteiger partial charge in [-0.2, -0.15) is 0 Å². The molecular weight excluding hydrogens is 390 g/mol. The largest absolute Gasteiger partial charge is 0.480 e. The molecule has 1 aliphatic carbocycles. The van der Waals surface area contributed by atoms with E-state index in [1.807, 2.05) is 0 Å². The zero-order chi connectivity index (χ0) is 20.5. The van der Waals surface area contributed by atoms with Crippen LogP contribution in [0.1, 0.15) is 46.6 Å². The van der Waals surface area contributed by atoms with Gasteiger partial charge < -0.3 is 14.3 Å². The van der Waals surface area contributed by atoms with Crippen LogP contribution >= 0.6 is 11.3 Å². The quantitative estimate of drug-likeness (QED) is 0.500. The fourth-order valence-electron chi connectivity index (χ4n) is 3.70. The van der Waals surface area contributed by atoms with Crippen molar-refractivity contribution in [1.29, 1.82) is 0 Å². The second-order valence-corrected chi connectivity index (χ2v) is 8.25. The Bertz CT molecular complexity index is 1170. The number of benzene rings is 1. The molecule has 6 nitrogen and oxygen atoms in total. The number of thiophene rings is 1. The molecule has 0 bridgehead atoms. The van der Waals surface area contributed by atoms with Crippen LogP contribution in [0.15, 0.2) is 38.5 Å². The van der Waals surface area contributed by atoms with Crippen molar-refractivity contribution in [1.82, 2.24) is 0 Å². The predicted molar refractivity (Wildman–Crippen MR) is 113 cm³/mol. The van der Waals surface area contributed by atoms with Crippen molar-refractivity contribution in [2.45, 2.75) is 33.1 Å². The second kappa shape index (κ2) is 7.83. The van der Waals surface area contributed by atoms with E-state index in [4.69, 9.17) is 9.15 Å². The molecule has 29 heavy (non-hydrogen) atoms. The van der Waals surface area contributed by atoms with Gasteiger partial charge >= 0.3 is 11.6 Å². The summed E-state index contributed by atoms with van der Waals surface area (Å²) in [5, 5.41) is 11.6. The van der Waals surface area contributed by atoms with Gasteiger partial charge in [-0.1, -0.05) is 25.1 Å². The average molecular weight is 411 g/mol. The summed E-state index contributed by atoms with van der Waals surface area (Å²) in [6.45, 7) is 4.27. The Labute approximate surface area is 171 Å². The van der Waals surface area contributed by atoms with Gasteiger partial charge in [-0.15, -0.1) is 11.3 Å². The van der Waals surface area contributed by atoms with E-state index in [-0.39, 0.29) is 12.6 Å². The van der Waals surface area contributed by atoms with Gasteiger partial charge in [0.05, 0.1) is 23.1 Å². The maximum atomic E-state index is 12.6. The van der Waals surface area contributed by atoms with Crippen molar-refractivity contribution in [3.63, 3.8) is 0 Å². The van der Waals surface area contributed by atoms with Gasteiger partial charge in [0.1, 0.15) is 5.00 Å². The lowest BCUT2D eigenvalue weighted by Crippen LogP contribution is -2.13. The van der Waals surface area contributed by atoms with Gasteiger partial charge in [0, 0.05) is 16.5 Å². The Hall–Kier alpha value is -2.93. The van der Waals surface area contributed by atoms with E-state index >= 15 is 0 Å². The number of nitrogens with zero attached hydrogens (tertiary/aromatic N) is 1. The van der Waals surface area contributed by atoms with Crippen LogP contribution in [0.25, 0.3) is 10.8 Å². The summed E-state index contributed by atoms with van der Waals surface area (Å²) in [7, 11) is 0. The molecule has 2 heterocycles. The summed E-state index contributed by atoms with van der Waals surface area (Å²) in [6, 6.07) is 6.85. The Morgan fingerprint density at radius 1 is 1.38 bits per heavy atom. The molecule has 0 saturated heterocycles. The normalized spacial score (nSPS) is 16.3. The molecule has 3 aromatic rings. The summed E-state index contributed by atoms with van der Waals surface area (Å²) >= 11 is 1.48. The first-order chi connectivity index (χ1) is 14.0. The van der Waals surface area contributed by atoms with E-state index in [0.29, 0.717) is 32.8 Å². The Balaban J connectivity index is 1.83. The van der Waals surface area contributed by atoms with Crippen LogP contribution < -0.4 is 5.63 Å². The highest BCUT2D eigenvalue weighted by Crippen LogP contribution is 2.41. The number of carbonyl (C=O) groups is 1. The molecule has 1 N–H and O–H groups in total. The number of rotatable bonds is 4. The van der Waals surface area contributed by atoms with Gasteiger partial charge in [0.15, 0.2) is 0 Å². The first-order valence-corrected chi connectivity index (χ1v) is 10.4. The molecule has 4 rings (SSSR count). The van der Waals surface area contributed by atoms with Gasteiger partial charge in [-0.05, 0) is 43.7 Å². The first-order valence-electron chi connectivity index (χ1n) is 9.60. The van der Waals surface area contributed by atoms with Crippen molar-refractivity contribution in [2.24, 2.45) is 10.9 Å². The summed E-state index contributed by atoms with van der Waals surface area (Å²) in [5.41, 5.74) is 1.22. The first kappa shape index (κ1) is 19.4. The Morgan fingerprint density at radius 2 is 2.14 bits per heavy atom. The van der Waals surface area contributed by atoms with E-state index in [1.165, 1.54) is 17.6 Å². The Morgan fingerprint density at radius 3 is 2.90 bits per heavy atom. The van der Waals surface area contributed by atoms with E-state index in [2.05, 4.69) is 11.9 Å². The molecule has 1 atom stereocenters. The zero-order valence-corrected chi connectivity index (χ0v) is 17.0. The molecular formula is C22H21NO5S. The lowest BCUT2D eigenvalue weighted by atomic mass is 9.88. The molecule has 7 heteroatoms. The lowest BCUT2D eigenvalue weighted by Gasteiger charge is -2.18. The van der Waals surface area contributed by atoms with Crippen molar-refractivity contribution in [3.05, 3.63) is 56.3 Å².